The highest BCUT2D eigenvalue weighted by Crippen LogP contribution is 2.17. The molecule has 0 spiro atoms. The van der Waals surface area contributed by atoms with Crippen molar-refractivity contribution in [2.24, 2.45) is 0 Å². The summed E-state index contributed by atoms with van der Waals surface area (Å²) in [7, 11) is 0. The third-order valence-corrected chi connectivity index (χ3v) is 4.16. The Kier molecular flexibility index (Phi) is 6.11. The summed E-state index contributed by atoms with van der Waals surface area (Å²) >= 11 is 6.05. The lowest BCUT2D eigenvalue weighted by Gasteiger charge is -2.11. The monoisotopic (exact) mass is 410 g/mol. The number of benzene rings is 2. The average Bonchev–Trinajstić information content (AvgIpc) is 3.21. The van der Waals surface area contributed by atoms with Crippen LogP contribution < -0.4 is 10.6 Å². The molecular weight excluding hydrogens is 396 g/mol. The molecule has 0 unspecified atom stereocenters. The number of carbonyl (C=O) groups is 3. The first-order chi connectivity index (χ1) is 13.9. The van der Waals surface area contributed by atoms with Gasteiger partial charge in [0.15, 0.2) is 0 Å². The quantitative estimate of drug-likeness (QED) is 0.531. The maximum absolute atomic E-state index is 12.7. The lowest BCUT2D eigenvalue weighted by atomic mass is 10.2. The molecule has 1 heterocycles. The summed E-state index contributed by atoms with van der Waals surface area (Å²) in [5.74, 6) is -1.90. The van der Waals surface area contributed by atoms with Gasteiger partial charge in [0, 0.05) is 11.8 Å². The lowest BCUT2D eigenvalue weighted by Crippen LogP contribution is -2.30. The van der Waals surface area contributed by atoms with Crippen molar-refractivity contribution in [2.75, 3.05) is 5.32 Å². The highest BCUT2D eigenvalue weighted by Gasteiger charge is 2.17. The van der Waals surface area contributed by atoms with E-state index in [4.69, 9.17) is 21.1 Å². The Balaban J connectivity index is 1.83. The van der Waals surface area contributed by atoms with Gasteiger partial charge >= 0.3 is 5.97 Å². The van der Waals surface area contributed by atoms with E-state index in [2.05, 4.69) is 10.6 Å². The first-order valence-corrected chi connectivity index (χ1v) is 8.77. The first-order valence-electron chi connectivity index (χ1n) is 8.40. The van der Waals surface area contributed by atoms with Crippen molar-refractivity contribution in [2.45, 2.75) is 0 Å². The van der Waals surface area contributed by atoms with Crippen molar-refractivity contribution in [3.05, 3.63) is 94.5 Å². The topological polar surface area (TPSA) is 109 Å². The number of rotatable bonds is 6. The highest BCUT2D eigenvalue weighted by molar-refractivity contribution is 6.34. The van der Waals surface area contributed by atoms with Crippen LogP contribution in [-0.2, 0) is 4.79 Å². The van der Waals surface area contributed by atoms with E-state index in [1.54, 1.807) is 30.3 Å². The van der Waals surface area contributed by atoms with E-state index in [0.29, 0.717) is 11.4 Å². The van der Waals surface area contributed by atoms with Crippen molar-refractivity contribution in [1.82, 2.24) is 5.32 Å². The molecule has 0 aliphatic carbocycles. The predicted molar refractivity (Wildman–Crippen MR) is 108 cm³/mol. The Morgan fingerprint density at radius 3 is 2.31 bits per heavy atom. The highest BCUT2D eigenvalue weighted by atomic mass is 35.5. The van der Waals surface area contributed by atoms with E-state index >= 15 is 0 Å². The molecule has 0 saturated heterocycles. The zero-order valence-electron chi connectivity index (χ0n) is 14.9. The van der Waals surface area contributed by atoms with Crippen LogP contribution in [0.4, 0.5) is 5.69 Å². The molecule has 1 aromatic heterocycles. The second kappa shape index (κ2) is 8.90. The van der Waals surface area contributed by atoms with Gasteiger partial charge in [0.05, 0.1) is 22.4 Å². The fourth-order valence-electron chi connectivity index (χ4n) is 2.40. The molecule has 0 atom stereocenters. The van der Waals surface area contributed by atoms with Crippen LogP contribution in [0, 0.1) is 0 Å². The van der Waals surface area contributed by atoms with Crippen LogP contribution in [-0.4, -0.2) is 22.9 Å². The maximum atomic E-state index is 12.7. The average molecular weight is 411 g/mol. The SMILES string of the molecule is O=C(Nc1ccc(C(=O)O)cc1)/C(=C\c1ccco1)NC(=O)c1ccccc1Cl. The molecule has 2 aromatic carbocycles. The minimum atomic E-state index is -1.08. The van der Waals surface area contributed by atoms with Gasteiger partial charge in [-0.15, -0.1) is 0 Å². The third kappa shape index (κ3) is 5.12. The smallest absolute Gasteiger partial charge is 0.335 e. The molecule has 0 bridgehead atoms. The number of carboxylic acids is 1. The molecule has 0 saturated carbocycles. The predicted octanol–water partition coefficient (Wildman–Crippen LogP) is 4.04. The number of furan rings is 1. The van der Waals surface area contributed by atoms with Crippen molar-refractivity contribution >= 4 is 41.1 Å². The van der Waals surface area contributed by atoms with Crippen molar-refractivity contribution < 1.29 is 23.9 Å². The normalized spacial score (nSPS) is 11.0. The Morgan fingerprint density at radius 1 is 0.966 bits per heavy atom. The number of aromatic carboxylic acids is 1. The molecule has 7 nitrogen and oxygen atoms in total. The molecule has 8 heteroatoms. The summed E-state index contributed by atoms with van der Waals surface area (Å²) in [5.41, 5.74) is 0.573. The molecule has 0 aliphatic heterocycles. The van der Waals surface area contributed by atoms with Crippen molar-refractivity contribution in [3.63, 3.8) is 0 Å². The molecule has 2 amide bonds. The van der Waals surface area contributed by atoms with Gasteiger partial charge < -0.3 is 20.2 Å². The van der Waals surface area contributed by atoms with Crippen molar-refractivity contribution in [1.29, 1.82) is 0 Å². The Hall–Kier alpha value is -3.84. The molecule has 0 fully saturated rings. The number of nitrogens with one attached hydrogen (secondary N) is 2. The second-order valence-electron chi connectivity index (χ2n) is 5.84. The zero-order chi connectivity index (χ0) is 20.8. The molecule has 0 aliphatic rings. The fourth-order valence-corrected chi connectivity index (χ4v) is 2.63. The van der Waals surface area contributed by atoms with E-state index in [9.17, 15) is 14.4 Å². The van der Waals surface area contributed by atoms with E-state index in [-0.39, 0.29) is 21.8 Å². The Labute approximate surface area is 170 Å². The van der Waals surface area contributed by atoms with E-state index in [0.717, 1.165) is 0 Å². The largest absolute Gasteiger partial charge is 0.478 e. The molecule has 3 aromatic rings. The van der Waals surface area contributed by atoms with Gasteiger partial charge in [0.2, 0.25) is 0 Å². The second-order valence-corrected chi connectivity index (χ2v) is 6.25. The number of amides is 2. The van der Waals surface area contributed by atoms with Gasteiger partial charge in [0.1, 0.15) is 11.5 Å². The molecule has 3 rings (SSSR count). The Bertz CT molecular complexity index is 1070. The van der Waals surface area contributed by atoms with E-state index < -0.39 is 17.8 Å². The lowest BCUT2D eigenvalue weighted by molar-refractivity contribution is -0.113. The number of halogens is 1. The molecular formula is C21H15ClN2O5. The number of hydrogen-bond acceptors (Lipinski definition) is 4. The third-order valence-electron chi connectivity index (χ3n) is 3.83. The van der Waals surface area contributed by atoms with E-state index in [1.807, 2.05) is 0 Å². The number of carboxylic acid groups (broad SMARTS) is 1. The standard InChI is InChI=1S/C21H15ClN2O5/c22-17-6-2-1-5-16(17)19(25)24-18(12-15-4-3-11-29-15)20(26)23-14-9-7-13(8-10-14)21(27)28/h1-12H,(H,23,26)(H,24,25)(H,27,28)/b18-12+. The van der Waals surface area contributed by atoms with E-state index in [1.165, 1.54) is 42.7 Å². The van der Waals surface area contributed by atoms with Gasteiger partial charge in [0.25, 0.3) is 11.8 Å². The minimum Gasteiger partial charge on any atom is -0.478 e. The molecule has 29 heavy (non-hydrogen) atoms. The molecule has 0 radical (unpaired) electrons. The number of hydrogen-bond donors (Lipinski definition) is 3. The summed E-state index contributed by atoms with van der Waals surface area (Å²) < 4.78 is 5.22. The van der Waals surface area contributed by atoms with Crippen LogP contribution in [0.25, 0.3) is 6.08 Å². The summed E-state index contributed by atoms with van der Waals surface area (Å²) in [6.45, 7) is 0. The number of anilines is 1. The summed E-state index contributed by atoms with van der Waals surface area (Å²) in [4.78, 5) is 36.2. The zero-order valence-corrected chi connectivity index (χ0v) is 15.6. The van der Waals surface area contributed by atoms with Gasteiger partial charge in [-0.05, 0) is 48.5 Å². The summed E-state index contributed by atoms with van der Waals surface area (Å²) in [6.07, 6.45) is 2.80. The van der Waals surface area contributed by atoms with Crippen LogP contribution >= 0.6 is 11.6 Å². The van der Waals surface area contributed by atoms with Crippen LogP contribution in [0.15, 0.2) is 77.0 Å². The Morgan fingerprint density at radius 2 is 1.69 bits per heavy atom. The summed E-state index contributed by atoms with van der Waals surface area (Å²) in [5, 5.41) is 14.3. The van der Waals surface area contributed by atoms with Gasteiger partial charge in [-0.3, -0.25) is 9.59 Å². The van der Waals surface area contributed by atoms with Crippen molar-refractivity contribution in [3.8, 4) is 0 Å². The summed E-state index contributed by atoms with van der Waals surface area (Å²) in [6, 6.07) is 15.3. The molecule has 3 N–H and O–H groups in total. The fraction of sp³-hybridized carbons (Fsp3) is 0. The van der Waals surface area contributed by atoms with Crippen LogP contribution in [0.5, 0.6) is 0 Å². The number of carbonyl (C=O) groups excluding carboxylic acids is 2. The van der Waals surface area contributed by atoms with Crippen LogP contribution in [0.3, 0.4) is 0 Å². The van der Waals surface area contributed by atoms with Crippen LogP contribution in [0.2, 0.25) is 5.02 Å². The minimum absolute atomic E-state index is 0.0767. The van der Waals surface area contributed by atoms with Gasteiger partial charge in [-0.1, -0.05) is 23.7 Å². The van der Waals surface area contributed by atoms with Crippen LogP contribution in [0.1, 0.15) is 26.5 Å². The van der Waals surface area contributed by atoms with Gasteiger partial charge in [-0.2, -0.15) is 0 Å². The first kappa shape index (κ1) is 19.9. The molecule has 146 valence electrons. The maximum Gasteiger partial charge on any atom is 0.335 e. The van der Waals surface area contributed by atoms with Gasteiger partial charge in [-0.25, -0.2) is 4.79 Å².